The summed E-state index contributed by atoms with van der Waals surface area (Å²) < 4.78 is 11.0. The van der Waals surface area contributed by atoms with Crippen LogP contribution in [0.15, 0.2) is 51.5 Å². The zero-order valence-electron chi connectivity index (χ0n) is 14.6. The molecule has 1 aromatic carbocycles. The summed E-state index contributed by atoms with van der Waals surface area (Å²) >= 11 is 0. The molecule has 0 saturated carbocycles. The molecule has 7 heteroatoms. The van der Waals surface area contributed by atoms with Crippen LogP contribution in [0.4, 0.5) is 0 Å². The van der Waals surface area contributed by atoms with Gasteiger partial charge in [0.2, 0.25) is 11.8 Å². The maximum Gasteiger partial charge on any atom is 0.289 e. The fraction of sp³-hybridized carbons (Fsp3) is 0.316. The normalized spacial score (nSPS) is 15.3. The first-order chi connectivity index (χ1) is 12.7. The van der Waals surface area contributed by atoms with Crippen LogP contribution in [-0.2, 0) is 6.54 Å². The van der Waals surface area contributed by atoms with E-state index in [9.17, 15) is 4.79 Å². The summed E-state index contributed by atoms with van der Waals surface area (Å²) in [4.78, 5) is 16.3. The van der Waals surface area contributed by atoms with Gasteiger partial charge in [-0.15, -0.1) is 10.2 Å². The minimum absolute atomic E-state index is 0.0610. The van der Waals surface area contributed by atoms with Crippen LogP contribution in [0.1, 0.15) is 22.0 Å². The maximum absolute atomic E-state index is 12.3. The van der Waals surface area contributed by atoms with Gasteiger partial charge in [-0.2, -0.15) is 0 Å². The van der Waals surface area contributed by atoms with E-state index in [-0.39, 0.29) is 5.91 Å². The molecular formula is C19H20N4O3. The fourth-order valence-corrected chi connectivity index (χ4v) is 2.99. The first kappa shape index (κ1) is 16.5. The third-order valence-electron chi connectivity index (χ3n) is 4.52. The smallest absolute Gasteiger partial charge is 0.289 e. The Morgan fingerprint density at radius 3 is 2.54 bits per heavy atom. The largest absolute Gasteiger partial charge is 0.459 e. The molecule has 0 unspecified atom stereocenters. The third kappa shape index (κ3) is 3.52. The molecule has 26 heavy (non-hydrogen) atoms. The number of aryl methyl sites for hydroxylation is 1. The number of aromatic nitrogens is 2. The number of hydrogen-bond donors (Lipinski definition) is 0. The van der Waals surface area contributed by atoms with E-state index in [2.05, 4.69) is 15.1 Å². The van der Waals surface area contributed by atoms with Gasteiger partial charge in [0, 0.05) is 31.7 Å². The molecule has 1 saturated heterocycles. The highest BCUT2D eigenvalue weighted by Crippen LogP contribution is 2.19. The van der Waals surface area contributed by atoms with Gasteiger partial charge in [0.05, 0.1) is 12.8 Å². The lowest BCUT2D eigenvalue weighted by atomic mass is 10.1. The van der Waals surface area contributed by atoms with Crippen molar-refractivity contribution in [1.29, 1.82) is 0 Å². The molecule has 0 atom stereocenters. The molecule has 134 valence electrons. The fourth-order valence-electron chi connectivity index (χ4n) is 2.99. The summed E-state index contributed by atoms with van der Waals surface area (Å²) in [6.07, 6.45) is 1.52. The van der Waals surface area contributed by atoms with Crippen molar-refractivity contribution in [3.63, 3.8) is 0 Å². The molecule has 0 radical (unpaired) electrons. The predicted molar refractivity (Wildman–Crippen MR) is 94.4 cm³/mol. The van der Waals surface area contributed by atoms with Gasteiger partial charge >= 0.3 is 0 Å². The van der Waals surface area contributed by atoms with Gasteiger partial charge in [-0.25, -0.2) is 0 Å². The van der Waals surface area contributed by atoms with E-state index in [1.54, 1.807) is 17.0 Å². The van der Waals surface area contributed by atoms with Crippen LogP contribution in [-0.4, -0.2) is 52.1 Å². The minimum atomic E-state index is -0.0610. The molecule has 1 fully saturated rings. The molecule has 1 aliphatic rings. The Morgan fingerprint density at radius 2 is 1.85 bits per heavy atom. The average molecular weight is 352 g/mol. The molecule has 4 rings (SSSR count). The topological polar surface area (TPSA) is 75.6 Å². The predicted octanol–water partition coefficient (Wildman–Crippen LogP) is 2.60. The average Bonchev–Trinajstić information content (AvgIpc) is 3.35. The van der Waals surface area contributed by atoms with Crippen LogP contribution in [0.25, 0.3) is 11.5 Å². The van der Waals surface area contributed by atoms with Crippen molar-refractivity contribution < 1.29 is 13.6 Å². The SMILES string of the molecule is Cc1ccc(-c2nnc(CN3CCN(C(=O)c4ccco4)CC3)o2)cc1. The number of nitrogens with zero attached hydrogens (tertiary/aromatic N) is 4. The number of benzene rings is 1. The van der Waals surface area contributed by atoms with Crippen molar-refractivity contribution in [2.24, 2.45) is 0 Å². The molecule has 1 aliphatic heterocycles. The monoisotopic (exact) mass is 352 g/mol. The molecule has 3 aromatic rings. The van der Waals surface area contributed by atoms with Crippen LogP contribution < -0.4 is 0 Å². The Balaban J connectivity index is 1.33. The second-order valence-electron chi connectivity index (χ2n) is 6.41. The van der Waals surface area contributed by atoms with Gasteiger partial charge in [-0.05, 0) is 31.2 Å². The second-order valence-corrected chi connectivity index (χ2v) is 6.41. The quantitative estimate of drug-likeness (QED) is 0.718. The van der Waals surface area contributed by atoms with Gasteiger partial charge in [0.15, 0.2) is 5.76 Å². The number of amides is 1. The Morgan fingerprint density at radius 1 is 1.08 bits per heavy atom. The van der Waals surface area contributed by atoms with Crippen LogP contribution in [0.5, 0.6) is 0 Å². The summed E-state index contributed by atoms with van der Waals surface area (Å²) in [6, 6.07) is 11.4. The van der Waals surface area contributed by atoms with Crippen LogP contribution in [0, 0.1) is 6.92 Å². The van der Waals surface area contributed by atoms with E-state index in [1.165, 1.54) is 11.8 Å². The van der Waals surface area contributed by atoms with Crippen molar-refractivity contribution in [3.8, 4) is 11.5 Å². The summed E-state index contributed by atoms with van der Waals surface area (Å²) in [7, 11) is 0. The Hall–Kier alpha value is -2.93. The van der Waals surface area contributed by atoms with E-state index < -0.39 is 0 Å². The Kier molecular flexibility index (Phi) is 4.53. The Bertz CT molecular complexity index is 863. The summed E-state index contributed by atoms with van der Waals surface area (Å²) in [5, 5.41) is 8.29. The van der Waals surface area contributed by atoms with Gasteiger partial charge in [0.25, 0.3) is 5.91 Å². The molecule has 0 bridgehead atoms. The minimum Gasteiger partial charge on any atom is -0.459 e. The number of rotatable bonds is 4. The van der Waals surface area contributed by atoms with E-state index in [1.807, 2.05) is 31.2 Å². The summed E-state index contributed by atoms with van der Waals surface area (Å²) in [5.74, 6) is 1.45. The molecule has 3 heterocycles. The zero-order valence-corrected chi connectivity index (χ0v) is 14.6. The van der Waals surface area contributed by atoms with E-state index in [0.29, 0.717) is 37.2 Å². The first-order valence-corrected chi connectivity index (χ1v) is 8.63. The van der Waals surface area contributed by atoms with E-state index in [0.717, 1.165) is 18.7 Å². The van der Waals surface area contributed by atoms with Crippen LogP contribution in [0.3, 0.4) is 0 Å². The van der Waals surface area contributed by atoms with Gasteiger partial charge < -0.3 is 13.7 Å². The molecule has 0 N–H and O–H groups in total. The zero-order chi connectivity index (χ0) is 17.9. The molecule has 0 aliphatic carbocycles. The lowest BCUT2D eigenvalue weighted by Crippen LogP contribution is -2.48. The van der Waals surface area contributed by atoms with Crippen LogP contribution in [0.2, 0.25) is 0 Å². The number of piperazine rings is 1. The number of furan rings is 1. The third-order valence-corrected chi connectivity index (χ3v) is 4.52. The van der Waals surface area contributed by atoms with Crippen molar-refractivity contribution >= 4 is 5.91 Å². The van der Waals surface area contributed by atoms with Crippen molar-refractivity contribution in [1.82, 2.24) is 20.0 Å². The highest BCUT2D eigenvalue weighted by molar-refractivity contribution is 5.91. The summed E-state index contributed by atoms with van der Waals surface area (Å²) in [6.45, 7) is 5.45. The van der Waals surface area contributed by atoms with Crippen molar-refractivity contribution in [2.75, 3.05) is 26.2 Å². The highest BCUT2D eigenvalue weighted by atomic mass is 16.4. The molecule has 0 spiro atoms. The maximum atomic E-state index is 12.3. The Labute approximate surface area is 151 Å². The number of carbonyl (C=O) groups excluding carboxylic acids is 1. The number of carbonyl (C=O) groups is 1. The molecule has 1 amide bonds. The van der Waals surface area contributed by atoms with Gasteiger partial charge in [0.1, 0.15) is 0 Å². The first-order valence-electron chi connectivity index (χ1n) is 8.63. The molecule has 7 nitrogen and oxygen atoms in total. The standard InChI is InChI=1S/C19H20N4O3/c1-14-4-6-15(7-5-14)18-21-20-17(26-18)13-22-8-10-23(11-9-22)19(24)16-3-2-12-25-16/h2-7,12H,8-11,13H2,1H3. The lowest BCUT2D eigenvalue weighted by molar-refractivity contribution is 0.0588. The second kappa shape index (κ2) is 7.13. The molecular weight excluding hydrogens is 332 g/mol. The van der Waals surface area contributed by atoms with E-state index >= 15 is 0 Å². The highest BCUT2D eigenvalue weighted by Gasteiger charge is 2.24. The number of hydrogen-bond acceptors (Lipinski definition) is 6. The molecule has 2 aromatic heterocycles. The van der Waals surface area contributed by atoms with Gasteiger partial charge in [-0.1, -0.05) is 17.7 Å². The summed E-state index contributed by atoms with van der Waals surface area (Å²) in [5.41, 5.74) is 2.11. The van der Waals surface area contributed by atoms with Crippen molar-refractivity contribution in [2.45, 2.75) is 13.5 Å². The van der Waals surface area contributed by atoms with Crippen LogP contribution >= 0.6 is 0 Å². The lowest BCUT2D eigenvalue weighted by Gasteiger charge is -2.33. The van der Waals surface area contributed by atoms with Crippen molar-refractivity contribution in [3.05, 3.63) is 59.9 Å². The van der Waals surface area contributed by atoms with E-state index in [4.69, 9.17) is 8.83 Å². The van der Waals surface area contributed by atoms with Gasteiger partial charge in [-0.3, -0.25) is 9.69 Å².